The van der Waals surface area contributed by atoms with Gasteiger partial charge in [-0.3, -0.25) is 0 Å². The number of nitrogens with zero attached hydrogens (tertiary/aromatic N) is 2. The third-order valence-electron chi connectivity index (χ3n) is 4.61. The van der Waals surface area contributed by atoms with Gasteiger partial charge in [0.1, 0.15) is 16.7 Å². The van der Waals surface area contributed by atoms with E-state index in [0.717, 1.165) is 12.8 Å². The van der Waals surface area contributed by atoms with Crippen LogP contribution < -0.4 is 5.32 Å². The van der Waals surface area contributed by atoms with Gasteiger partial charge in [0, 0.05) is 16.2 Å². The first-order chi connectivity index (χ1) is 12.8. The summed E-state index contributed by atoms with van der Waals surface area (Å²) in [5, 5.41) is 2.11. The fourth-order valence-corrected chi connectivity index (χ4v) is 6.25. The number of ether oxygens (including phenoxy) is 1. The first-order valence-electron chi connectivity index (χ1n) is 8.94. The molecule has 28 heavy (non-hydrogen) atoms. The monoisotopic (exact) mass is 475 g/mol. The van der Waals surface area contributed by atoms with Gasteiger partial charge >= 0.3 is 6.09 Å². The van der Waals surface area contributed by atoms with Gasteiger partial charge in [0.2, 0.25) is 5.95 Å². The van der Waals surface area contributed by atoms with Gasteiger partial charge in [0.25, 0.3) is 0 Å². The summed E-state index contributed by atoms with van der Waals surface area (Å²) >= 11 is 3.24. The number of hydrogen-bond acceptors (Lipinski definition) is 5. The highest BCUT2D eigenvalue weighted by Crippen LogP contribution is 2.42. The zero-order chi connectivity index (χ0) is 20.9. The molecule has 1 aliphatic heterocycles. The van der Waals surface area contributed by atoms with Crippen LogP contribution in [0.15, 0.2) is 21.7 Å². The molecule has 0 radical (unpaired) electrons. The number of amidine groups is 1. The molecule has 1 N–H and O–H groups in total. The number of aromatic nitrogens is 1. The van der Waals surface area contributed by atoms with Crippen LogP contribution in [0.1, 0.15) is 46.1 Å². The van der Waals surface area contributed by atoms with Crippen molar-refractivity contribution in [1.82, 2.24) is 10.3 Å². The fourth-order valence-electron chi connectivity index (χ4n) is 3.40. The highest BCUT2D eigenvalue weighted by molar-refractivity contribution is 9.10. The number of pyridine rings is 1. The lowest BCUT2D eigenvalue weighted by Gasteiger charge is -2.40. The largest absolute Gasteiger partial charge is 0.442 e. The van der Waals surface area contributed by atoms with Crippen LogP contribution in [0.5, 0.6) is 0 Å². The zero-order valence-electron chi connectivity index (χ0n) is 16.1. The van der Waals surface area contributed by atoms with E-state index < -0.39 is 38.3 Å². The van der Waals surface area contributed by atoms with E-state index in [1.165, 1.54) is 12.3 Å². The van der Waals surface area contributed by atoms with Crippen molar-refractivity contribution in [3.63, 3.8) is 0 Å². The highest BCUT2D eigenvalue weighted by atomic mass is 79.9. The number of hydrogen-bond donors (Lipinski definition) is 1. The minimum atomic E-state index is -3.69. The minimum absolute atomic E-state index is 0.00451. The summed E-state index contributed by atoms with van der Waals surface area (Å²) in [6.45, 7) is 6.65. The normalized spacial score (nSPS) is 28.6. The Morgan fingerprint density at radius 2 is 2.07 bits per heavy atom. The van der Waals surface area contributed by atoms with Crippen molar-refractivity contribution in [2.75, 3.05) is 5.75 Å². The van der Waals surface area contributed by atoms with Gasteiger partial charge in [-0.15, -0.1) is 0 Å². The second-order valence-electron chi connectivity index (χ2n) is 8.49. The number of carbonyl (C=O) groups is 1. The second-order valence-corrected chi connectivity index (χ2v) is 11.5. The van der Waals surface area contributed by atoms with Gasteiger partial charge in [-0.25, -0.2) is 18.2 Å². The van der Waals surface area contributed by atoms with E-state index in [9.17, 15) is 17.6 Å². The Hall–Kier alpha value is -1.55. The smallest absolute Gasteiger partial charge is 0.435 e. The van der Waals surface area contributed by atoms with E-state index in [4.69, 9.17) is 4.74 Å². The van der Waals surface area contributed by atoms with Crippen molar-refractivity contribution in [3.8, 4) is 0 Å². The van der Waals surface area contributed by atoms with Gasteiger partial charge in [-0.05, 0) is 68.5 Å². The molecule has 1 aromatic rings. The van der Waals surface area contributed by atoms with Crippen molar-refractivity contribution in [3.05, 3.63) is 28.2 Å². The summed E-state index contributed by atoms with van der Waals surface area (Å²) < 4.78 is 46.4. The number of sulfone groups is 1. The molecule has 7 nitrogen and oxygen atoms in total. The first-order valence-corrected chi connectivity index (χ1v) is 11.4. The molecule has 0 unspecified atom stereocenters. The molecular formula is C18H23BrFN3O4S. The number of carbonyl (C=O) groups excluding carboxylic acids is 1. The van der Waals surface area contributed by atoms with Crippen molar-refractivity contribution < 1.29 is 22.3 Å². The van der Waals surface area contributed by atoms with E-state index in [0.29, 0.717) is 4.47 Å². The van der Waals surface area contributed by atoms with Gasteiger partial charge in [0.15, 0.2) is 9.84 Å². The highest BCUT2D eigenvalue weighted by Gasteiger charge is 2.52. The standard InChI is InChI=1S/C18H23BrFN3O4S/c1-17(2,3)27-16(24)22-15-13(10-5-6-10)28(25,26)9-18(4,23-15)12-7-11(19)8-21-14(12)20/h7-8,10,13H,5-6,9H2,1-4H3,(H,22,23,24)/t13-,18-/m0/s1. The molecule has 3 rings (SSSR count). The molecule has 0 aromatic carbocycles. The first kappa shape index (κ1) is 21.2. The van der Waals surface area contributed by atoms with Crippen LogP contribution in [0.3, 0.4) is 0 Å². The Morgan fingerprint density at radius 1 is 1.43 bits per heavy atom. The molecule has 10 heteroatoms. The second kappa shape index (κ2) is 7.05. The summed E-state index contributed by atoms with van der Waals surface area (Å²) in [5.74, 6) is -1.21. The Bertz CT molecular complexity index is 941. The molecule has 1 aromatic heterocycles. The minimum Gasteiger partial charge on any atom is -0.442 e. The number of nitrogens with one attached hydrogen (secondary N) is 1. The fraction of sp³-hybridized carbons (Fsp3) is 0.611. The molecule has 2 atom stereocenters. The van der Waals surface area contributed by atoms with Crippen LogP contribution in [0.2, 0.25) is 0 Å². The van der Waals surface area contributed by atoms with Crippen molar-refractivity contribution in [2.45, 2.75) is 56.9 Å². The van der Waals surface area contributed by atoms with Crippen LogP contribution in [-0.4, -0.2) is 41.9 Å². The molecular weight excluding hydrogens is 453 g/mol. The number of aliphatic imine (C=N–C) groups is 1. The van der Waals surface area contributed by atoms with Crippen LogP contribution in [0, 0.1) is 11.9 Å². The number of halogens is 2. The molecule has 1 saturated heterocycles. The Balaban J connectivity index is 2.05. The van der Waals surface area contributed by atoms with Crippen molar-refractivity contribution in [1.29, 1.82) is 0 Å². The van der Waals surface area contributed by atoms with Gasteiger partial charge < -0.3 is 10.1 Å². The van der Waals surface area contributed by atoms with Gasteiger partial charge in [-0.2, -0.15) is 9.38 Å². The Labute approximate surface area is 172 Å². The molecule has 2 heterocycles. The third kappa shape index (κ3) is 4.53. The Kier molecular flexibility index (Phi) is 5.33. The van der Waals surface area contributed by atoms with Crippen molar-refractivity contribution >= 4 is 37.7 Å². The molecule has 2 fully saturated rings. The van der Waals surface area contributed by atoms with Crippen LogP contribution in [0.25, 0.3) is 0 Å². The summed E-state index contributed by atoms with van der Waals surface area (Å²) in [4.78, 5) is 19.9. The van der Waals surface area contributed by atoms with E-state index in [2.05, 4.69) is 31.2 Å². The predicted octanol–water partition coefficient (Wildman–Crippen LogP) is 3.33. The van der Waals surface area contributed by atoms with Crippen molar-refractivity contribution in [2.24, 2.45) is 10.9 Å². The number of rotatable bonds is 2. The lowest BCUT2D eigenvalue weighted by molar-refractivity contribution is 0.0603. The average Bonchev–Trinajstić information content (AvgIpc) is 3.30. The maximum Gasteiger partial charge on any atom is 0.435 e. The Morgan fingerprint density at radius 3 is 2.64 bits per heavy atom. The lowest BCUT2D eigenvalue weighted by Crippen LogP contribution is -2.61. The maximum absolute atomic E-state index is 14.4. The van der Waals surface area contributed by atoms with E-state index in [1.807, 2.05) is 0 Å². The third-order valence-corrected chi connectivity index (χ3v) is 7.40. The van der Waals surface area contributed by atoms with Crippen LogP contribution in [-0.2, 0) is 20.1 Å². The van der Waals surface area contributed by atoms with Gasteiger partial charge in [0.05, 0.1) is 11.3 Å². The van der Waals surface area contributed by atoms with Crippen LogP contribution >= 0.6 is 15.9 Å². The predicted molar refractivity (Wildman–Crippen MR) is 106 cm³/mol. The molecule has 2 aliphatic rings. The number of amides is 1. The van der Waals surface area contributed by atoms with E-state index >= 15 is 0 Å². The topological polar surface area (TPSA) is 97.7 Å². The molecule has 1 aliphatic carbocycles. The quantitative estimate of drug-likeness (QED) is 0.658. The zero-order valence-corrected chi connectivity index (χ0v) is 18.5. The van der Waals surface area contributed by atoms with Crippen LogP contribution in [0.4, 0.5) is 9.18 Å². The molecule has 0 spiro atoms. The van der Waals surface area contributed by atoms with E-state index in [1.54, 1.807) is 27.7 Å². The van der Waals surface area contributed by atoms with E-state index in [-0.39, 0.29) is 23.1 Å². The maximum atomic E-state index is 14.4. The molecule has 0 bridgehead atoms. The molecule has 154 valence electrons. The SMILES string of the molecule is CC(C)(C)OC(=O)/N=C1/N[C@](C)(c2cc(Br)cnc2F)CS(=O)(=O)[C@H]1C1CC1. The summed E-state index contributed by atoms with van der Waals surface area (Å²) in [5.41, 5.74) is -2.02. The summed E-state index contributed by atoms with van der Waals surface area (Å²) in [6, 6.07) is 1.48. The summed E-state index contributed by atoms with van der Waals surface area (Å²) in [6.07, 6.45) is 1.89. The molecule has 1 saturated carbocycles. The lowest BCUT2D eigenvalue weighted by atomic mass is 9.94. The average molecular weight is 476 g/mol. The molecule has 1 amide bonds. The summed E-state index contributed by atoms with van der Waals surface area (Å²) in [7, 11) is -3.69. The van der Waals surface area contributed by atoms with Gasteiger partial charge in [-0.1, -0.05) is 0 Å².